The quantitative estimate of drug-likeness (QED) is 0.704. The second kappa shape index (κ2) is 10.5. The van der Waals surface area contributed by atoms with Crippen molar-refractivity contribution in [2.45, 2.75) is 25.5 Å². The van der Waals surface area contributed by atoms with Gasteiger partial charge in [0, 0.05) is 46.3 Å². The molecule has 0 saturated carbocycles. The number of rotatable bonds is 7. The van der Waals surface area contributed by atoms with Gasteiger partial charge in [-0.05, 0) is 20.3 Å². The molecule has 9 nitrogen and oxygen atoms in total. The third-order valence-corrected chi connectivity index (χ3v) is 5.63. The van der Waals surface area contributed by atoms with Gasteiger partial charge in [-0.2, -0.15) is 0 Å². The Kier molecular flexibility index (Phi) is 8.31. The summed E-state index contributed by atoms with van der Waals surface area (Å²) in [5.41, 5.74) is 0. The van der Waals surface area contributed by atoms with Crippen molar-refractivity contribution in [2.24, 2.45) is 0 Å². The van der Waals surface area contributed by atoms with Crippen LogP contribution < -0.4 is 5.32 Å². The SMILES string of the molecule is Cc1cc(NC(=O)C(C)SCC(=O)N2CCCN(CC(=O)N(C)C)CC2)no1. The number of hydrogen-bond donors (Lipinski definition) is 1. The summed E-state index contributed by atoms with van der Waals surface area (Å²) in [6, 6.07) is 1.64. The number of likely N-dealkylation sites (N-methyl/N-ethyl adjacent to an activating group) is 1. The Bertz CT molecular complexity index is 693. The highest BCUT2D eigenvalue weighted by Gasteiger charge is 2.23. The van der Waals surface area contributed by atoms with E-state index in [1.54, 1.807) is 38.9 Å². The number of aryl methyl sites for hydroxylation is 1. The van der Waals surface area contributed by atoms with Gasteiger partial charge < -0.3 is 19.6 Å². The van der Waals surface area contributed by atoms with Gasteiger partial charge >= 0.3 is 0 Å². The average Bonchev–Trinajstić information content (AvgIpc) is 2.91. The Hall–Kier alpha value is -2.07. The smallest absolute Gasteiger partial charge is 0.238 e. The van der Waals surface area contributed by atoms with Crippen LogP contribution in [0.5, 0.6) is 0 Å². The molecule has 2 rings (SSSR count). The van der Waals surface area contributed by atoms with Crippen LogP contribution in [0.1, 0.15) is 19.1 Å². The Morgan fingerprint density at radius 3 is 2.68 bits per heavy atom. The van der Waals surface area contributed by atoms with Crippen LogP contribution in [0, 0.1) is 6.92 Å². The van der Waals surface area contributed by atoms with Gasteiger partial charge in [-0.25, -0.2) is 0 Å². The minimum atomic E-state index is -0.387. The highest BCUT2D eigenvalue weighted by atomic mass is 32.2. The normalized spacial score (nSPS) is 16.4. The minimum Gasteiger partial charge on any atom is -0.360 e. The number of carbonyl (C=O) groups excluding carboxylic acids is 3. The standard InChI is InChI=1S/C18H29N5O4S/c1-13-10-15(20-27-13)19-18(26)14(2)28-12-17(25)23-7-5-6-22(8-9-23)11-16(24)21(3)4/h10,14H,5-9,11-12H2,1-4H3,(H,19,20,26). The fourth-order valence-corrected chi connectivity index (χ4v) is 3.51. The predicted molar refractivity (Wildman–Crippen MR) is 108 cm³/mol. The van der Waals surface area contributed by atoms with E-state index in [0.29, 0.717) is 37.8 Å². The van der Waals surface area contributed by atoms with E-state index in [1.165, 1.54) is 11.8 Å². The minimum absolute atomic E-state index is 0.0164. The summed E-state index contributed by atoms with van der Waals surface area (Å²) in [6.45, 7) is 6.63. The van der Waals surface area contributed by atoms with Crippen molar-refractivity contribution in [3.05, 3.63) is 11.8 Å². The van der Waals surface area contributed by atoms with Crippen molar-refractivity contribution in [3.8, 4) is 0 Å². The van der Waals surface area contributed by atoms with Crippen molar-refractivity contribution >= 4 is 35.3 Å². The molecule has 1 aliphatic heterocycles. The first-order chi connectivity index (χ1) is 13.3. The van der Waals surface area contributed by atoms with Gasteiger partial charge in [0.15, 0.2) is 5.82 Å². The van der Waals surface area contributed by atoms with Crippen molar-refractivity contribution in [2.75, 3.05) is 57.9 Å². The van der Waals surface area contributed by atoms with E-state index < -0.39 is 0 Å². The van der Waals surface area contributed by atoms with Gasteiger partial charge in [0.2, 0.25) is 17.7 Å². The van der Waals surface area contributed by atoms with Gasteiger partial charge in [-0.15, -0.1) is 11.8 Å². The van der Waals surface area contributed by atoms with Crippen LogP contribution in [-0.4, -0.2) is 95.4 Å². The van der Waals surface area contributed by atoms with Gasteiger partial charge in [0.25, 0.3) is 0 Å². The van der Waals surface area contributed by atoms with Crippen molar-refractivity contribution in [1.29, 1.82) is 0 Å². The molecule has 10 heteroatoms. The van der Waals surface area contributed by atoms with Crippen LogP contribution in [0.3, 0.4) is 0 Å². The molecule has 1 atom stereocenters. The summed E-state index contributed by atoms with van der Waals surface area (Å²) in [7, 11) is 3.49. The summed E-state index contributed by atoms with van der Waals surface area (Å²) in [5, 5.41) is 6.02. The van der Waals surface area contributed by atoms with E-state index in [-0.39, 0.29) is 28.7 Å². The maximum absolute atomic E-state index is 12.5. The first kappa shape index (κ1) is 22.2. The predicted octanol–water partition coefficient (Wildman–Crippen LogP) is 0.666. The fourth-order valence-electron chi connectivity index (χ4n) is 2.73. The van der Waals surface area contributed by atoms with E-state index in [1.807, 2.05) is 4.90 Å². The zero-order chi connectivity index (χ0) is 20.7. The Morgan fingerprint density at radius 2 is 2.04 bits per heavy atom. The van der Waals surface area contributed by atoms with E-state index >= 15 is 0 Å². The average molecular weight is 412 g/mol. The lowest BCUT2D eigenvalue weighted by molar-refractivity contribution is -0.129. The van der Waals surface area contributed by atoms with Gasteiger partial charge in [0.1, 0.15) is 5.76 Å². The molecule has 1 unspecified atom stereocenters. The van der Waals surface area contributed by atoms with E-state index in [4.69, 9.17) is 4.52 Å². The maximum atomic E-state index is 12.5. The third kappa shape index (κ3) is 6.83. The van der Waals surface area contributed by atoms with Crippen LogP contribution in [0.2, 0.25) is 0 Å². The number of hydrogen-bond acceptors (Lipinski definition) is 7. The number of aromatic nitrogens is 1. The van der Waals surface area contributed by atoms with Gasteiger partial charge in [-0.1, -0.05) is 5.16 Å². The molecule has 1 aromatic heterocycles. The Labute approximate surface area is 169 Å². The number of thioether (sulfide) groups is 1. The molecule has 0 bridgehead atoms. The Balaban J connectivity index is 1.74. The van der Waals surface area contributed by atoms with Crippen molar-refractivity contribution in [3.63, 3.8) is 0 Å². The largest absolute Gasteiger partial charge is 0.360 e. The first-order valence-corrected chi connectivity index (χ1v) is 10.4. The molecule has 28 heavy (non-hydrogen) atoms. The van der Waals surface area contributed by atoms with Gasteiger partial charge in [0.05, 0.1) is 17.5 Å². The van der Waals surface area contributed by atoms with E-state index in [9.17, 15) is 14.4 Å². The molecule has 0 spiro atoms. The monoisotopic (exact) mass is 411 g/mol. The lowest BCUT2D eigenvalue weighted by Gasteiger charge is -2.23. The molecule has 1 aliphatic rings. The molecular weight excluding hydrogens is 382 g/mol. The molecular formula is C18H29N5O4S. The summed E-state index contributed by atoms with van der Waals surface area (Å²) in [6.07, 6.45) is 0.832. The van der Waals surface area contributed by atoms with Crippen molar-refractivity contribution in [1.82, 2.24) is 19.9 Å². The first-order valence-electron chi connectivity index (χ1n) is 9.32. The molecule has 0 aliphatic carbocycles. The maximum Gasteiger partial charge on any atom is 0.238 e. The highest BCUT2D eigenvalue weighted by Crippen LogP contribution is 2.16. The zero-order valence-corrected chi connectivity index (χ0v) is 17.8. The summed E-state index contributed by atoms with van der Waals surface area (Å²) in [4.78, 5) is 42.1. The lowest BCUT2D eigenvalue weighted by Crippen LogP contribution is -2.40. The molecule has 0 aromatic carbocycles. The summed E-state index contributed by atoms with van der Waals surface area (Å²) < 4.78 is 4.92. The van der Waals surface area contributed by atoms with Crippen LogP contribution in [-0.2, 0) is 14.4 Å². The Morgan fingerprint density at radius 1 is 1.29 bits per heavy atom. The second-order valence-corrected chi connectivity index (χ2v) is 8.39. The van der Waals surface area contributed by atoms with Gasteiger partial charge in [-0.3, -0.25) is 19.3 Å². The molecule has 3 amide bonds. The second-order valence-electron chi connectivity index (χ2n) is 7.06. The summed E-state index contributed by atoms with van der Waals surface area (Å²) in [5.74, 6) is 1.10. The molecule has 1 aromatic rings. The summed E-state index contributed by atoms with van der Waals surface area (Å²) >= 11 is 1.30. The number of amides is 3. The number of carbonyl (C=O) groups is 3. The van der Waals surface area contributed by atoms with Crippen molar-refractivity contribution < 1.29 is 18.9 Å². The molecule has 2 heterocycles. The highest BCUT2D eigenvalue weighted by molar-refractivity contribution is 8.01. The molecule has 1 N–H and O–H groups in total. The van der Waals surface area contributed by atoms with Crippen LogP contribution in [0.15, 0.2) is 10.6 Å². The van der Waals surface area contributed by atoms with E-state index in [0.717, 1.165) is 13.0 Å². The van der Waals surface area contributed by atoms with Crippen LogP contribution >= 0.6 is 11.8 Å². The van der Waals surface area contributed by atoms with Crippen LogP contribution in [0.25, 0.3) is 0 Å². The fraction of sp³-hybridized carbons (Fsp3) is 0.667. The molecule has 156 valence electrons. The number of nitrogens with one attached hydrogen (secondary N) is 1. The van der Waals surface area contributed by atoms with E-state index in [2.05, 4.69) is 15.4 Å². The number of anilines is 1. The number of nitrogens with zero attached hydrogens (tertiary/aromatic N) is 4. The molecule has 0 radical (unpaired) electrons. The zero-order valence-electron chi connectivity index (χ0n) is 16.9. The lowest BCUT2D eigenvalue weighted by atomic mass is 10.3. The third-order valence-electron chi connectivity index (χ3n) is 4.50. The van der Waals surface area contributed by atoms with Crippen LogP contribution in [0.4, 0.5) is 5.82 Å². The topological polar surface area (TPSA) is 99.0 Å². The molecule has 1 saturated heterocycles. The molecule has 1 fully saturated rings.